The highest BCUT2D eigenvalue weighted by Crippen LogP contribution is 2.11. The van der Waals surface area contributed by atoms with Crippen molar-refractivity contribution < 1.29 is 4.79 Å². The van der Waals surface area contributed by atoms with Crippen molar-refractivity contribution in [1.29, 1.82) is 0 Å². The van der Waals surface area contributed by atoms with Crippen molar-refractivity contribution in [3.63, 3.8) is 0 Å². The Hall–Kier alpha value is -2.73. The van der Waals surface area contributed by atoms with Gasteiger partial charge in [-0.1, -0.05) is 56.3 Å². The molecule has 2 aromatic rings. The van der Waals surface area contributed by atoms with Crippen molar-refractivity contribution in [3.8, 4) is 0 Å². The van der Waals surface area contributed by atoms with E-state index in [1.807, 2.05) is 23.1 Å². The van der Waals surface area contributed by atoms with Crippen LogP contribution in [0.3, 0.4) is 0 Å². The van der Waals surface area contributed by atoms with Gasteiger partial charge in [0.15, 0.2) is 0 Å². The third-order valence-corrected chi connectivity index (χ3v) is 4.71. The summed E-state index contributed by atoms with van der Waals surface area (Å²) in [7, 11) is 0. The average molecular weight is 380 g/mol. The fourth-order valence-corrected chi connectivity index (χ4v) is 3.08. The zero-order valence-electron chi connectivity index (χ0n) is 16.7. The molecule has 1 fully saturated rings. The van der Waals surface area contributed by atoms with E-state index < -0.39 is 0 Å². The number of nitrogens with zero attached hydrogens (tertiary/aromatic N) is 4. The Kier molecular flexibility index (Phi) is 7.14. The van der Waals surface area contributed by atoms with Crippen LogP contribution in [0.25, 0.3) is 6.08 Å². The second-order valence-electron chi connectivity index (χ2n) is 7.47. The SMILES string of the molecule is CC(C)CNc1cc(C(=O)N2CCN(C/C=C/c3ccccc3)CC2)ncn1. The third kappa shape index (κ3) is 5.89. The molecule has 0 aliphatic carbocycles. The molecule has 0 atom stereocenters. The van der Waals surface area contributed by atoms with E-state index in [-0.39, 0.29) is 5.91 Å². The molecular weight excluding hydrogens is 350 g/mol. The van der Waals surface area contributed by atoms with E-state index in [2.05, 4.69) is 58.3 Å². The minimum atomic E-state index is -0.0190. The summed E-state index contributed by atoms with van der Waals surface area (Å²) in [6.07, 6.45) is 5.79. The van der Waals surface area contributed by atoms with Crippen molar-refractivity contribution in [1.82, 2.24) is 19.8 Å². The molecule has 28 heavy (non-hydrogen) atoms. The minimum absolute atomic E-state index is 0.0190. The molecular formula is C22H29N5O. The Morgan fingerprint density at radius 2 is 1.89 bits per heavy atom. The number of piperazine rings is 1. The number of benzene rings is 1. The van der Waals surface area contributed by atoms with Gasteiger partial charge in [0, 0.05) is 45.3 Å². The highest BCUT2D eigenvalue weighted by atomic mass is 16.2. The van der Waals surface area contributed by atoms with Gasteiger partial charge in [-0.05, 0) is 11.5 Å². The van der Waals surface area contributed by atoms with Crippen molar-refractivity contribution >= 4 is 17.8 Å². The van der Waals surface area contributed by atoms with E-state index in [0.29, 0.717) is 17.4 Å². The van der Waals surface area contributed by atoms with E-state index in [4.69, 9.17) is 0 Å². The second kappa shape index (κ2) is 9.99. The van der Waals surface area contributed by atoms with Crippen LogP contribution in [0.2, 0.25) is 0 Å². The lowest BCUT2D eigenvalue weighted by Gasteiger charge is -2.34. The van der Waals surface area contributed by atoms with Crippen LogP contribution >= 0.6 is 0 Å². The molecule has 1 aromatic carbocycles. The molecule has 3 rings (SSSR count). The molecule has 1 aliphatic rings. The van der Waals surface area contributed by atoms with E-state index in [1.54, 1.807) is 6.07 Å². The second-order valence-corrected chi connectivity index (χ2v) is 7.47. The maximum Gasteiger partial charge on any atom is 0.272 e. The first kappa shape index (κ1) is 20.0. The molecule has 0 saturated carbocycles. The highest BCUT2D eigenvalue weighted by molar-refractivity contribution is 5.93. The third-order valence-electron chi connectivity index (χ3n) is 4.71. The minimum Gasteiger partial charge on any atom is -0.370 e. The number of carbonyl (C=O) groups is 1. The maximum atomic E-state index is 12.8. The van der Waals surface area contributed by atoms with Crippen LogP contribution in [0.15, 0.2) is 48.8 Å². The van der Waals surface area contributed by atoms with Gasteiger partial charge in [-0.25, -0.2) is 9.97 Å². The number of hydrogen-bond donors (Lipinski definition) is 1. The monoisotopic (exact) mass is 379 g/mol. The Balaban J connectivity index is 1.48. The Morgan fingerprint density at radius 3 is 2.61 bits per heavy atom. The molecule has 1 aliphatic heterocycles. The molecule has 148 valence electrons. The van der Waals surface area contributed by atoms with Crippen molar-refractivity contribution in [2.24, 2.45) is 5.92 Å². The predicted molar refractivity (Wildman–Crippen MR) is 113 cm³/mol. The molecule has 1 amide bonds. The van der Waals surface area contributed by atoms with Gasteiger partial charge in [0.25, 0.3) is 5.91 Å². The molecule has 0 bridgehead atoms. The van der Waals surface area contributed by atoms with Gasteiger partial charge < -0.3 is 10.2 Å². The summed E-state index contributed by atoms with van der Waals surface area (Å²) in [5, 5.41) is 3.25. The zero-order chi connectivity index (χ0) is 19.8. The maximum absolute atomic E-state index is 12.8. The Morgan fingerprint density at radius 1 is 1.14 bits per heavy atom. The van der Waals surface area contributed by atoms with Gasteiger partial charge in [-0.3, -0.25) is 9.69 Å². The fourth-order valence-electron chi connectivity index (χ4n) is 3.08. The number of rotatable bonds is 7. The first-order valence-electron chi connectivity index (χ1n) is 9.91. The molecule has 6 nitrogen and oxygen atoms in total. The molecule has 1 saturated heterocycles. The number of hydrogen-bond acceptors (Lipinski definition) is 5. The van der Waals surface area contributed by atoms with Crippen LogP contribution in [-0.4, -0.2) is 64.9 Å². The van der Waals surface area contributed by atoms with Gasteiger partial charge in [-0.15, -0.1) is 0 Å². The normalized spacial score (nSPS) is 15.3. The van der Waals surface area contributed by atoms with Crippen LogP contribution in [0.5, 0.6) is 0 Å². The Bertz CT molecular complexity index is 783. The quantitative estimate of drug-likeness (QED) is 0.801. The summed E-state index contributed by atoms with van der Waals surface area (Å²) in [4.78, 5) is 25.4. The van der Waals surface area contributed by atoms with E-state index in [0.717, 1.165) is 39.3 Å². The van der Waals surface area contributed by atoms with E-state index >= 15 is 0 Å². The average Bonchev–Trinajstić information content (AvgIpc) is 2.73. The van der Waals surface area contributed by atoms with Crippen LogP contribution in [-0.2, 0) is 0 Å². The lowest BCUT2D eigenvalue weighted by Crippen LogP contribution is -2.48. The van der Waals surface area contributed by atoms with Gasteiger partial charge in [0.1, 0.15) is 17.8 Å². The molecule has 1 N–H and O–H groups in total. The number of aromatic nitrogens is 2. The summed E-state index contributed by atoms with van der Waals surface area (Å²) in [6, 6.07) is 12.0. The smallest absolute Gasteiger partial charge is 0.272 e. The first-order valence-corrected chi connectivity index (χ1v) is 9.91. The lowest BCUT2D eigenvalue weighted by atomic mass is 10.2. The molecule has 1 aromatic heterocycles. The highest BCUT2D eigenvalue weighted by Gasteiger charge is 2.22. The number of nitrogens with one attached hydrogen (secondary N) is 1. The van der Waals surface area contributed by atoms with E-state index in [1.165, 1.54) is 11.9 Å². The van der Waals surface area contributed by atoms with Crippen LogP contribution in [0.1, 0.15) is 29.9 Å². The van der Waals surface area contributed by atoms with Crippen LogP contribution in [0, 0.1) is 5.92 Å². The van der Waals surface area contributed by atoms with E-state index in [9.17, 15) is 4.79 Å². The molecule has 0 radical (unpaired) electrons. The van der Waals surface area contributed by atoms with Gasteiger partial charge in [-0.2, -0.15) is 0 Å². The largest absolute Gasteiger partial charge is 0.370 e. The summed E-state index contributed by atoms with van der Waals surface area (Å²) < 4.78 is 0. The van der Waals surface area contributed by atoms with Gasteiger partial charge >= 0.3 is 0 Å². The topological polar surface area (TPSA) is 61.4 Å². The first-order chi connectivity index (χ1) is 13.6. The molecule has 0 spiro atoms. The number of amides is 1. The summed E-state index contributed by atoms with van der Waals surface area (Å²) in [6.45, 7) is 9.16. The fraction of sp³-hybridized carbons (Fsp3) is 0.409. The van der Waals surface area contributed by atoms with Crippen molar-refractivity contribution in [3.05, 3.63) is 60.1 Å². The standard InChI is InChI=1S/C22H29N5O/c1-18(2)16-23-21-15-20(24-17-25-21)22(28)27-13-11-26(12-14-27)10-6-9-19-7-4-3-5-8-19/h3-9,15,17-18H,10-14,16H2,1-2H3,(H,23,24,25)/b9-6+. The number of anilines is 1. The van der Waals surface area contributed by atoms with Gasteiger partial charge in [0.2, 0.25) is 0 Å². The molecule has 0 unspecified atom stereocenters. The summed E-state index contributed by atoms with van der Waals surface area (Å²) >= 11 is 0. The summed E-state index contributed by atoms with van der Waals surface area (Å²) in [5.74, 6) is 1.20. The number of carbonyl (C=O) groups excluding carboxylic acids is 1. The van der Waals surface area contributed by atoms with Crippen molar-refractivity contribution in [2.75, 3.05) is 44.6 Å². The molecule has 6 heteroatoms. The van der Waals surface area contributed by atoms with Crippen LogP contribution < -0.4 is 5.32 Å². The predicted octanol–water partition coefficient (Wildman–Crippen LogP) is 3.02. The summed E-state index contributed by atoms with van der Waals surface area (Å²) in [5.41, 5.74) is 1.67. The lowest BCUT2D eigenvalue weighted by molar-refractivity contribution is 0.0644. The van der Waals surface area contributed by atoms with Gasteiger partial charge in [0.05, 0.1) is 0 Å². The van der Waals surface area contributed by atoms with Crippen molar-refractivity contribution in [2.45, 2.75) is 13.8 Å². The zero-order valence-corrected chi connectivity index (χ0v) is 16.7. The molecule has 2 heterocycles. The Labute approximate surface area is 167 Å². The van der Waals surface area contributed by atoms with Crippen LogP contribution in [0.4, 0.5) is 5.82 Å².